The van der Waals surface area contributed by atoms with Crippen LogP contribution in [0.15, 0.2) is 30.3 Å². The van der Waals surface area contributed by atoms with Gasteiger partial charge in [0.2, 0.25) is 0 Å². The Kier molecular flexibility index (Phi) is 2.04. The first kappa shape index (κ1) is 8.52. The van der Waals surface area contributed by atoms with Gasteiger partial charge in [-0.1, -0.05) is 18.2 Å². The lowest BCUT2D eigenvalue weighted by molar-refractivity contribution is 0.0715. The summed E-state index contributed by atoms with van der Waals surface area (Å²) >= 11 is 0. The van der Waals surface area contributed by atoms with Crippen molar-refractivity contribution >= 4 is 11.7 Å². The van der Waals surface area contributed by atoms with Crippen molar-refractivity contribution in [1.82, 2.24) is 0 Å². The number of hydrogen-bond acceptors (Lipinski definition) is 3. The normalized spacial score (nSPS) is 16.2. The van der Waals surface area contributed by atoms with E-state index in [1.807, 2.05) is 18.2 Å². The Morgan fingerprint density at radius 1 is 1.36 bits per heavy atom. The molecule has 1 heterocycles. The fraction of sp³-hybridized carbons (Fsp3) is 0.0909. The first-order valence-corrected chi connectivity index (χ1v) is 4.21. The fourth-order valence-corrected chi connectivity index (χ4v) is 1.38. The summed E-state index contributed by atoms with van der Waals surface area (Å²) in [4.78, 5) is 11.3. The van der Waals surface area contributed by atoms with E-state index >= 15 is 0 Å². The van der Waals surface area contributed by atoms with Gasteiger partial charge in [0, 0.05) is 5.56 Å². The summed E-state index contributed by atoms with van der Waals surface area (Å²) in [6.45, 7) is 0. The van der Waals surface area contributed by atoms with Crippen LogP contribution in [0.2, 0.25) is 0 Å². The zero-order valence-electron chi connectivity index (χ0n) is 7.36. The highest BCUT2D eigenvalue weighted by Crippen LogP contribution is 2.29. The summed E-state index contributed by atoms with van der Waals surface area (Å²) < 4.78 is 5.00. The molecule has 1 aromatic rings. The summed E-state index contributed by atoms with van der Waals surface area (Å²) in [6, 6.07) is 9.11. The van der Waals surface area contributed by atoms with Gasteiger partial charge in [-0.15, -0.1) is 0 Å². The van der Waals surface area contributed by atoms with Crippen molar-refractivity contribution in [3.05, 3.63) is 41.5 Å². The van der Waals surface area contributed by atoms with Crippen molar-refractivity contribution in [3.63, 3.8) is 0 Å². The lowest BCUT2D eigenvalue weighted by atomic mass is 10.1. The second kappa shape index (κ2) is 3.35. The Bertz CT molecular complexity index is 455. The van der Waals surface area contributed by atoms with E-state index in [1.54, 1.807) is 18.2 Å². The highest BCUT2D eigenvalue weighted by molar-refractivity contribution is 6.02. The summed E-state index contributed by atoms with van der Waals surface area (Å²) in [5.41, 5.74) is 1.34. The summed E-state index contributed by atoms with van der Waals surface area (Å²) in [6.07, 6.45) is 1.86. The average molecular weight is 185 g/mol. The Morgan fingerprint density at radius 3 is 2.79 bits per heavy atom. The van der Waals surface area contributed by atoms with Gasteiger partial charge in [0.15, 0.2) is 0 Å². The van der Waals surface area contributed by atoms with Crippen LogP contribution in [0.4, 0.5) is 0 Å². The number of nitriles is 1. The Morgan fingerprint density at radius 2 is 2.07 bits per heavy atom. The molecule has 1 aliphatic rings. The number of carbonyl (C=O) groups is 1. The van der Waals surface area contributed by atoms with E-state index < -0.39 is 0 Å². The highest BCUT2D eigenvalue weighted by Gasteiger charge is 2.24. The molecule has 0 aliphatic carbocycles. The first-order valence-electron chi connectivity index (χ1n) is 4.21. The standard InChI is InChI=1S/C11H7NO2/c12-7-3-6-10-8-4-1-2-5-9(8)11(13)14-10/h1-2,4-6H,3H2. The maximum absolute atomic E-state index is 11.3. The van der Waals surface area contributed by atoms with Crippen molar-refractivity contribution in [2.45, 2.75) is 6.42 Å². The Balaban J connectivity index is 2.45. The zero-order valence-corrected chi connectivity index (χ0v) is 7.36. The molecule has 0 amide bonds. The van der Waals surface area contributed by atoms with Crippen LogP contribution in [0.5, 0.6) is 0 Å². The van der Waals surface area contributed by atoms with E-state index in [0.717, 1.165) is 5.56 Å². The third kappa shape index (κ3) is 1.27. The summed E-state index contributed by atoms with van der Waals surface area (Å²) in [5, 5.41) is 8.41. The van der Waals surface area contributed by atoms with Crippen LogP contribution in [0.1, 0.15) is 22.3 Å². The van der Waals surface area contributed by atoms with E-state index in [-0.39, 0.29) is 12.4 Å². The van der Waals surface area contributed by atoms with Gasteiger partial charge >= 0.3 is 5.97 Å². The molecule has 1 aliphatic heterocycles. The maximum atomic E-state index is 11.3. The number of hydrogen-bond donors (Lipinski definition) is 0. The molecule has 14 heavy (non-hydrogen) atoms. The second-order valence-corrected chi connectivity index (χ2v) is 2.87. The van der Waals surface area contributed by atoms with Gasteiger partial charge in [0.05, 0.1) is 18.1 Å². The van der Waals surface area contributed by atoms with Crippen LogP contribution in [0, 0.1) is 11.3 Å². The minimum atomic E-state index is -0.343. The zero-order chi connectivity index (χ0) is 9.97. The quantitative estimate of drug-likeness (QED) is 0.629. The van der Waals surface area contributed by atoms with Crippen molar-refractivity contribution in [2.24, 2.45) is 0 Å². The van der Waals surface area contributed by atoms with Gasteiger partial charge in [0.1, 0.15) is 5.76 Å². The molecule has 0 saturated carbocycles. The third-order valence-corrected chi connectivity index (χ3v) is 1.99. The predicted octanol–water partition coefficient (Wildman–Crippen LogP) is 2.11. The molecule has 3 nitrogen and oxygen atoms in total. The minimum Gasteiger partial charge on any atom is -0.423 e. The summed E-state index contributed by atoms with van der Waals surface area (Å²) in [7, 11) is 0. The van der Waals surface area contributed by atoms with Gasteiger partial charge in [0.25, 0.3) is 0 Å². The monoisotopic (exact) mass is 185 g/mol. The van der Waals surface area contributed by atoms with E-state index in [0.29, 0.717) is 11.3 Å². The van der Waals surface area contributed by atoms with Gasteiger partial charge in [-0.05, 0) is 12.1 Å². The molecule has 0 atom stereocenters. The molecule has 0 fully saturated rings. The number of fused-ring (bicyclic) bond motifs is 1. The molecule has 0 aromatic heterocycles. The van der Waals surface area contributed by atoms with Crippen LogP contribution in [0.25, 0.3) is 5.76 Å². The van der Waals surface area contributed by atoms with E-state index in [4.69, 9.17) is 10.00 Å². The smallest absolute Gasteiger partial charge is 0.344 e. The lowest BCUT2D eigenvalue weighted by Gasteiger charge is -1.94. The first-order chi connectivity index (χ1) is 6.83. The third-order valence-electron chi connectivity index (χ3n) is 1.99. The average Bonchev–Trinajstić information content (AvgIpc) is 2.54. The molecule has 2 rings (SSSR count). The van der Waals surface area contributed by atoms with Gasteiger partial charge in [-0.25, -0.2) is 4.79 Å². The molecule has 0 spiro atoms. The SMILES string of the molecule is N#CCC=C1OC(=O)c2ccccc21. The number of ether oxygens (including phenoxy) is 1. The Hall–Kier alpha value is -2.08. The van der Waals surface area contributed by atoms with Crippen LogP contribution in [0.3, 0.4) is 0 Å². The van der Waals surface area contributed by atoms with Crippen LogP contribution < -0.4 is 0 Å². The van der Waals surface area contributed by atoms with E-state index in [9.17, 15) is 4.79 Å². The second-order valence-electron chi connectivity index (χ2n) is 2.87. The number of esters is 1. The fourth-order valence-electron chi connectivity index (χ4n) is 1.38. The topological polar surface area (TPSA) is 50.1 Å². The number of cyclic esters (lactones) is 1. The van der Waals surface area contributed by atoms with Gasteiger partial charge < -0.3 is 4.74 Å². The molecule has 1 aromatic carbocycles. The van der Waals surface area contributed by atoms with Gasteiger partial charge in [-0.3, -0.25) is 0 Å². The molecular formula is C11H7NO2. The van der Waals surface area contributed by atoms with Crippen LogP contribution in [-0.2, 0) is 4.74 Å². The number of nitrogens with zero attached hydrogens (tertiary/aromatic N) is 1. The van der Waals surface area contributed by atoms with Crippen LogP contribution in [-0.4, -0.2) is 5.97 Å². The number of allylic oxidation sites excluding steroid dienone is 1. The maximum Gasteiger partial charge on any atom is 0.344 e. The molecule has 0 unspecified atom stereocenters. The lowest BCUT2D eigenvalue weighted by Crippen LogP contribution is -1.92. The molecule has 68 valence electrons. The number of carbonyl (C=O) groups excluding carboxylic acids is 1. The number of rotatable bonds is 1. The van der Waals surface area contributed by atoms with Crippen molar-refractivity contribution in [1.29, 1.82) is 5.26 Å². The molecule has 0 saturated heterocycles. The predicted molar refractivity (Wildman–Crippen MR) is 50.1 cm³/mol. The van der Waals surface area contributed by atoms with E-state index in [2.05, 4.69) is 0 Å². The van der Waals surface area contributed by atoms with Crippen molar-refractivity contribution < 1.29 is 9.53 Å². The Labute approximate surface area is 81.2 Å². The van der Waals surface area contributed by atoms with Gasteiger partial charge in [-0.2, -0.15) is 5.26 Å². The van der Waals surface area contributed by atoms with Crippen molar-refractivity contribution in [2.75, 3.05) is 0 Å². The molecule has 0 bridgehead atoms. The highest BCUT2D eigenvalue weighted by atomic mass is 16.5. The minimum absolute atomic E-state index is 0.247. The van der Waals surface area contributed by atoms with E-state index in [1.165, 1.54) is 0 Å². The molecule has 0 radical (unpaired) electrons. The molecule has 0 N–H and O–H groups in total. The number of benzene rings is 1. The summed E-state index contributed by atoms with van der Waals surface area (Å²) in [5.74, 6) is 0.150. The van der Waals surface area contributed by atoms with Crippen molar-refractivity contribution in [3.8, 4) is 6.07 Å². The van der Waals surface area contributed by atoms with Crippen LogP contribution >= 0.6 is 0 Å². The largest absolute Gasteiger partial charge is 0.423 e. The molecular weight excluding hydrogens is 178 g/mol. The molecule has 3 heteroatoms.